The molecule has 1 saturated heterocycles. The van der Waals surface area contributed by atoms with Crippen molar-refractivity contribution >= 4 is 11.9 Å². The smallest absolute Gasteiger partial charge is 0.318 e. The molecule has 8 nitrogen and oxygen atoms in total. The van der Waals surface area contributed by atoms with Gasteiger partial charge in [-0.3, -0.25) is 4.79 Å². The number of nitrogens with one attached hydrogen (secondary N) is 2. The Balaban J connectivity index is 1.86. The second-order valence-electron chi connectivity index (χ2n) is 5.05. The fraction of sp³-hybridized carbons (Fsp3) is 0.769. The van der Waals surface area contributed by atoms with Crippen LogP contribution >= 0.6 is 0 Å². The number of hydrogen-bond donors (Lipinski definition) is 2. The average molecular weight is 297 g/mol. The minimum atomic E-state index is -0.0149. The van der Waals surface area contributed by atoms with E-state index in [1.807, 2.05) is 4.90 Å². The highest BCUT2D eigenvalue weighted by molar-refractivity contribution is 5.79. The van der Waals surface area contributed by atoms with E-state index in [1.54, 1.807) is 14.2 Å². The number of carbonyl (C=O) groups excluding carboxylic acids is 1. The number of ether oxygens (including phenoxy) is 1. The lowest BCUT2D eigenvalue weighted by atomic mass is 9.97. The zero-order valence-electron chi connectivity index (χ0n) is 12.6. The molecule has 1 fully saturated rings. The van der Waals surface area contributed by atoms with Gasteiger partial charge in [0.1, 0.15) is 0 Å². The normalized spacial score (nSPS) is 18.8. The van der Waals surface area contributed by atoms with Gasteiger partial charge in [-0.25, -0.2) is 0 Å². The number of hydrogen-bond acceptors (Lipinski definition) is 7. The summed E-state index contributed by atoms with van der Waals surface area (Å²) in [4.78, 5) is 13.7. The maximum atomic E-state index is 11.7. The molecule has 0 saturated carbocycles. The van der Waals surface area contributed by atoms with Crippen molar-refractivity contribution in [3.8, 4) is 0 Å². The van der Waals surface area contributed by atoms with Gasteiger partial charge in [0.15, 0.2) is 0 Å². The van der Waals surface area contributed by atoms with Crippen molar-refractivity contribution in [2.24, 2.45) is 5.92 Å². The number of aromatic nitrogens is 2. The number of carbonyl (C=O) groups is 1. The summed E-state index contributed by atoms with van der Waals surface area (Å²) in [6.07, 6.45) is 1.84. The van der Waals surface area contributed by atoms with Gasteiger partial charge in [-0.1, -0.05) is 5.10 Å². The molecule has 1 aromatic rings. The summed E-state index contributed by atoms with van der Waals surface area (Å²) in [5.41, 5.74) is 0. The molecule has 2 heterocycles. The predicted molar refractivity (Wildman–Crippen MR) is 76.9 cm³/mol. The van der Waals surface area contributed by atoms with E-state index in [9.17, 15) is 4.79 Å². The zero-order chi connectivity index (χ0) is 15.1. The highest BCUT2D eigenvalue weighted by Crippen LogP contribution is 2.22. The topological polar surface area (TPSA) is 92.5 Å². The molecule has 1 aromatic heterocycles. The third-order valence-corrected chi connectivity index (χ3v) is 3.52. The van der Waals surface area contributed by atoms with E-state index in [1.165, 1.54) is 0 Å². The van der Waals surface area contributed by atoms with Crippen LogP contribution in [-0.4, -0.2) is 56.5 Å². The van der Waals surface area contributed by atoms with Crippen molar-refractivity contribution in [3.63, 3.8) is 0 Å². The van der Waals surface area contributed by atoms with E-state index in [-0.39, 0.29) is 11.8 Å². The van der Waals surface area contributed by atoms with Gasteiger partial charge in [0.05, 0.1) is 19.1 Å². The molecular formula is C13H23N5O3. The second kappa shape index (κ2) is 7.94. The van der Waals surface area contributed by atoms with Gasteiger partial charge in [0.25, 0.3) is 0 Å². The van der Waals surface area contributed by atoms with Crippen LogP contribution in [0, 0.1) is 5.92 Å². The minimum Gasteiger partial charge on any atom is -0.407 e. The Kier molecular flexibility index (Phi) is 5.94. The van der Waals surface area contributed by atoms with Crippen LogP contribution in [-0.2, 0) is 16.1 Å². The van der Waals surface area contributed by atoms with Crippen molar-refractivity contribution in [1.29, 1.82) is 0 Å². The standard InChI is InChI=1S/C13H23N5O3/c1-14-12(19)10-4-3-6-18(9-10)13-17-16-11(21-13)8-15-5-7-20-2/h10,15H,3-9H2,1-2H3,(H,14,19). The van der Waals surface area contributed by atoms with Crippen LogP contribution in [0.5, 0.6) is 0 Å². The van der Waals surface area contributed by atoms with Crippen molar-refractivity contribution < 1.29 is 13.9 Å². The average Bonchev–Trinajstić information content (AvgIpc) is 3.00. The van der Waals surface area contributed by atoms with Gasteiger partial charge in [0.2, 0.25) is 11.8 Å². The Labute approximate surface area is 124 Å². The highest BCUT2D eigenvalue weighted by atomic mass is 16.5. The minimum absolute atomic E-state index is 0.0149. The van der Waals surface area contributed by atoms with Crippen LogP contribution in [0.15, 0.2) is 4.42 Å². The first-order chi connectivity index (χ1) is 10.2. The lowest BCUT2D eigenvalue weighted by Crippen LogP contribution is -2.42. The molecule has 118 valence electrons. The summed E-state index contributed by atoms with van der Waals surface area (Å²) in [6, 6.07) is 0.493. The van der Waals surface area contributed by atoms with Crippen LogP contribution in [0.25, 0.3) is 0 Å². The van der Waals surface area contributed by atoms with E-state index in [0.29, 0.717) is 31.6 Å². The quantitative estimate of drug-likeness (QED) is 0.671. The summed E-state index contributed by atoms with van der Waals surface area (Å²) in [5, 5.41) is 13.9. The fourth-order valence-electron chi connectivity index (χ4n) is 2.38. The molecule has 0 bridgehead atoms. The molecule has 8 heteroatoms. The number of nitrogens with zero attached hydrogens (tertiary/aromatic N) is 3. The van der Waals surface area contributed by atoms with Crippen LogP contribution in [0.4, 0.5) is 6.01 Å². The van der Waals surface area contributed by atoms with E-state index >= 15 is 0 Å². The molecule has 0 spiro atoms. The molecule has 0 aromatic carbocycles. The summed E-state index contributed by atoms with van der Waals surface area (Å²) >= 11 is 0. The SMILES string of the molecule is CNC(=O)C1CCCN(c2nnc(CNCCOC)o2)C1. The maximum Gasteiger partial charge on any atom is 0.318 e. The highest BCUT2D eigenvalue weighted by Gasteiger charge is 2.27. The Bertz CT molecular complexity index is 451. The predicted octanol–water partition coefficient (Wildman–Crippen LogP) is -0.232. The number of methoxy groups -OCH3 is 1. The van der Waals surface area contributed by atoms with Gasteiger partial charge in [-0.05, 0) is 12.8 Å². The van der Waals surface area contributed by atoms with E-state index in [4.69, 9.17) is 9.15 Å². The van der Waals surface area contributed by atoms with Crippen molar-refractivity contribution in [2.75, 3.05) is 45.3 Å². The summed E-state index contributed by atoms with van der Waals surface area (Å²) in [7, 11) is 3.32. The van der Waals surface area contributed by atoms with Gasteiger partial charge in [0, 0.05) is 33.8 Å². The van der Waals surface area contributed by atoms with Crippen molar-refractivity contribution in [3.05, 3.63) is 5.89 Å². The number of piperidine rings is 1. The van der Waals surface area contributed by atoms with Crippen LogP contribution in [0.3, 0.4) is 0 Å². The second-order valence-corrected chi connectivity index (χ2v) is 5.05. The largest absolute Gasteiger partial charge is 0.407 e. The molecule has 1 amide bonds. The molecule has 1 aliphatic rings. The Morgan fingerprint density at radius 3 is 3.14 bits per heavy atom. The molecule has 1 unspecified atom stereocenters. The van der Waals surface area contributed by atoms with Crippen LogP contribution in [0.2, 0.25) is 0 Å². The van der Waals surface area contributed by atoms with E-state index in [0.717, 1.165) is 25.9 Å². The van der Waals surface area contributed by atoms with Crippen molar-refractivity contribution in [2.45, 2.75) is 19.4 Å². The summed E-state index contributed by atoms with van der Waals surface area (Å²) < 4.78 is 10.6. The van der Waals surface area contributed by atoms with Crippen LogP contribution in [0.1, 0.15) is 18.7 Å². The first-order valence-corrected chi connectivity index (χ1v) is 7.23. The van der Waals surface area contributed by atoms with E-state index < -0.39 is 0 Å². The number of anilines is 1. The molecule has 0 radical (unpaired) electrons. The lowest BCUT2D eigenvalue weighted by molar-refractivity contribution is -0.124. The number of rotatable bonds is 7. The first kappa shape index (κ1) is 15.7. The number of amides is 1. The Hall–Kier alpha value is -1.67. The molecule has 21 heavy (non-hydrogen) atoms. The monoisotopic (exact) mass is 297 g/mol. The molecule has 1 aliphatic heterocycles. The lowest BCUT2D eigenvalue weighted by Gasteiger charge is -2.30. The van der Waals surface area contributed by atoms with Gasteiger partial charge < -0.3 is 24.7 Å². The third kappa shape index (κ3) is 4.40. The zero-order valence-corrected chi connectivity index (χ0v) is 12.6. The van der Waals surface area contributed by atoms with Gasteiger partial charge >= 0.3 is 6.01 Å². The van der Waals surface area contributed by atoms with Gasteiger partial charge in [-0.2, -0.15) is 0 Å². The Morgan fingerprint density at radius 1 is 1.52 bits per heavy atom. The summed E-state index contributed by atoms with van der Waals surface area (Å²) in [6.45, 7) is 3.35. The van der Waals surface area contributed by atoms with Crippen LogP contribution < -0.4 is 15.5 Å². The first-order valence-electron chi connectivity index (χ1n) is 7.23. The fourth-order valence-corrected chi connectivity index (χ4v) is 2.38. The van der Waals surface area contributed by atoms with Crippen molar-refractivity contribution in [1.82, 2.24) is 20.8 Å². The Morgan fingerprint density at radius 2 is 2.38 bits per heavy atom. The molecule has 1 atom stereocenters. The summed E-state index contributed by atoms with van der Waals surface area (Å²) in [5.74, 6) is 0.600. The molecular weight excluding hydrogens is 274 g/mol. The third-order valence-electron chi connectivity index (χ3n) is 3.52. The molecule has 0 aliphatic carbocycles. The molecule has 2 N–H and O–H groups in total. The molecule has 2 rings (SSSR count). The maximum absolute atomic E-state index is 11.7. The van der Waals surface area contributed by atoms with Gasteiger partial charge in [-0.15, -0.1) is 5.10 Å². The van der Waals surface area contributed by atoms with E-state index in [2.05, 4.69) is 20.8 Å².